The normalized spacial score (nSPS) is 14.5. The van der Waals surface area contributed by atoms with Crippen LogP contribution in [0.5, 0.6) is 5.75 Å². The fraction of sp³-hybridized carbons (Fsp3) is 0.500. The van der Waals surface area contributed by atoms with Gasteiger partial charge in [0.05, 0.1) is 17.9 Å². The summed E-state index contributed by atoms with van der Waals surface area (Å²) < 4.78 is 0. The standard InChI is InChI=1S/C12H19NO3/c1-9(14)7-13(8-10(2)15)11-5-3-4-6-12(11)16/h3-6,9-10,14-16H,7-8H2,1-2H3. The van der Waals surface area contributed by atoms with E-state index in [1.54, 1.807) is 36.9 Å². The number of hydrogen-bond acceptors (Lipinski definition) is 4. The predicted molar refractivity (Wildman–Crippen MR) is 63.7 cm³/mol. The van der Waals surface area contributed by atoms with Crippen LogP contribution in [-0.4, -0.2) is 40.6 Å². The summed E-state index contributed by atoms with van der Waals surface area (Å²) in [5.74, 6) is 0.156. The summed E-state index contributed by atoms with van der Waals surface area (Å²) in [5.41, 5.74) is 0.629. The fourth-order valence-electron chi connectivity index (χ4n) is 1.64. The van der Waals surface area contributed by atoms with Crippen molar-refractivity contribution >= 4 is 5.69 Å². The highest BCUT2D eigenvalue weighted by Gasteiger charge is 2.14. The Morgan fingerprint density at radius 1 is 1.06 bits per heavy atom. The summed E-state index contributed by atoms with van der Waals surface area (Å²) in [7, 11) is 0. The van der Waals surface area contributed by atoms with Crippen LogP contribution in [0.25, 0.3) is 0 Å². The van der Waals surface area contributed by atoms with Crippen LogP contribution in [0.4, 0.5) is 5.69 Å². The van der Waals surface area contributed by atoms with Gasteiger partial charge in [0.2, 0.25) is 0 Å². The SMILES string of the molecule is CC(O)CN(CC(C)O)c1ccccc1O. The van der Waals surface area contributed by atoms with E-state index in [4.69, 9.17) is 0 Å². The van der Waals surface area contributed by atoms with E-state index in [-0.39, 0.29) is 5.75 Å². The van der Waals surface area contributed by atoms with E-state index in [0.717, 1.165) is 0 Å². The van der Waals surface area contributed by atoms with Crippen molar-refractivity contribution in [2.24, 2.45) is 0 Å². The monoisotopic (exact) mass is 225 g/mol. The molecule has 0 spiro atoms. The summed E-state index contributed by atoms with van der Waals surface area (Å²) in [4.78, 5) is 1.77. The highest BCUT2D eigenvalue weighted by molar-refractivity contribution is 5.57. The molecular formula is C12H19NO3. The lowest BCUT2D eigenvalue weighted by atomic mass is 10.2. The van der Waals surface area contributed by atoms with Crippen LogP contribution in [0.2, 0.25) is 0 Å². The summed E-state index contributed by atoms with van der Waals surface area (Å²) in [5, 5.41) is 28.5. The molecule has 0 bridgehead atoms. The first-order chi connectivity index (χ1) is 7.50. The minimum Gasteiger partial charge on any atom is -0.506 e. The second kappa shape index (κ2) is 5.72. The van der Waals surface area contributed by atoms with Crippen molar-refractivity contribution in [1.29, 1.82) is 0 Å². The van der Waals surface area contributed by atoms with Gasteiger partial charge in [0, 0.05) is 13.1 Å². The van der Waals surface area contributed by atoms with Gasteiger partial charge in [0.15, 0.2) is 0 Å². The third-order valence-corrected chi connectivity index (χ3v) is 2.19. The van der Waals surface area contributed by atoms with Crippen LogP contribution < -0.4 is 4.90 Å². The molecule has 1 aromatic rings. The van der Waals surface area contributed by atoms with Crippen LogP contribution in [0.3, 0.4) is 0 Å². The number of aromatic hydroxyl groups is 1. The Morgan fingerprint density at radius 3 is 2.00 bits per heavy atom. The molecule has 0 saturated carbocycles. The van der Waals surface area contributed by atoms with Gasteiger partial charge in [-0.3, -0.25) is 0 Å². The van der Waals surface area contributed by atoms with Crippen molar-refractivity contribution in [3.8, 4) is 5.75 Å². The lowest BCUT2D eigenvalue weighted by Crippen LogP contribution is -2.36. The van der Waals surface area contributed by atoms with Crippen LogP contribution >= 0.6 is 0 Å². The number of para-hydroxylation sites is 2. The third-order valence-electron chi connectivity index (χ3n) is 2.19. The number of phenols is 1. The Morgan fingerprint density at radius 2 is 1.56 bits per heavy atom. The van der Waals surface area contributed by atoms with E-state index >= 15 is 0 Å². The zero-order chi connectivity index (χ0) is 12.1. The summed E-state index contributed by atoms with van der Waals surface area (Å²) in [6.07, 6.45) is -1.03. The first-order valence-electron chi connectivity index (χ1n) is 5.39. The molecule has 0 aliphatic carbocycles. The van der Waals surface area contributed by atoms with Crippen LogP contribution in [0.15, 0.2) is 24.3 Å². The minimum absolute atomic E-state index is 0.156. The van der Waals surface area contributed by atoms with Gasteiger partial charge < -0.3 is 20.2 Å². The van der Waals surface area contributed by atoms with Crippen molar-refractivity contribution in [1.82, 2.24) is 0 Å². The zero-order valence-electron chi connectivity index (χ0n) is 9.67. The van der Waals surface area contributed by atoms with Crippen molar-refractivity contribution < 1.29 is 15.3 Å². The second-order valence-electron chi connectivity index (χ2n) is 4.09. The van der Waals surface area contributed by atoms with Crippen molar-refractivity contribution in [3.63, 3.8) is 0 Å². The first kappa shape index (κ1) is 12.8. The second-order valence-corrected chi connectivity index (χ2v) is 4.09. The van der Waals surface area contributed by atoms with Gasteiger partial charge >= 0.3 is 0 Å². The number of hydrogen-bond donors (Lipinski definition) is 3. The average molecular weight is 225 g/mol. The molecular weight excluding hydrogens is 206 g/mol. The minimum atomic E-state index is -0.515. The lowest BCUT2D eigenvalue weighted by Gasteiger charge is -2.27. The van der Waals surface area contributed by atoms with Crippen LogP contribution in [0, 0.1) is 0 Å². The number of nitrogens with zero attached hydrogens (tertiary/aromatic N) is 1. The molecule has 2 atom stereocenters. The summed E-state index contributed by atoms with van der Waals surface area (Å²) >= 11 is 0. The molecule has 0 amide bonds. The molecule has 1 aromatic carbocycles. The van der Waals surface area contributed by atoms with Crippen molar-refractivity contribution in [2.75, 3.05) is 18.0 Å². The summed E-state index contributed by atoms with van der Waals surface area (Å²) in [6, 6.07) is 6.90. The van der Waals surface area contributed by atoms with Gasteiger partial charge in [-0.15, -0.1) is 0 Å². The molecule has 16 heavy (non-hydrogen) atoms. The fourth-order valence-corrected chi connectivity index (χ4v) is 1.64. The Balaban J connectivity index is 2.87. The molecule has 0 radical (unpaired) electrons. The van der Waals surface area contributed by atoms with Gasteiger partial charge in [0.25, 0.3) is 0 Å². The molecule has 0 aromatic heterocycles. The Bertz CT molecular complexity index is 316. The van der Waals surface area contributed by atoms with E-state index in [0.29, 0.717) is 18.8 Å². The Kier molecular flexibility index (Phi) is 4.58. The van der Waals surface area contributed by atoms with Gasteiger partial charge in [-0.1, -0.05) is 12.1 Å². The molecule has 1 rings (SSSR count). The zero-order valence-corrected chi connectivity index (χ0v) is 9.67. The maximum atomic E-state index is 9.70. The first-order valence-corrected chi connectivity index (χ1v) is 5.39. The van der Waals surface area contributed by atoms with Crippen molar-refractivity contribution in [2.45, 2.75) is 26.1 Å². The van der Waals surface area contributed by atoms with E-state index in [1.165, 1.54) is 0 Å². The molecule has 0 fully saturated rings. The third kappa shape index (κ3) is 3.72. The maximum absolute atomic E-state index is 9.70. The molecule has 0 aliphatic rings. The molecule has 90 valence electrons. The molecule has 0 heterocycles. The number of phenolic OH excluding ortho intramolecular Hbond substituents is 1. The average Bonchev–Trinajstić information content (AvgIpc) is 2.15. The number of aliphatic hydroxyl groups excluding tert-OH is 2. The van der Waals surface area contributed by atoms with Gasteiger partial charge in [0.1, 0.15) is 5.75 Å². The number of anilines is 1. The molecule has 0 aliphatic heterocycles. The molecule has 0 saturated heterocycles. The van der Waals surface area contributed by atoms with E-state index in [2.05, 4.69) is 0 Å². The quantitative estimate of drug-likeness (QED) is 0.698. The molecule has 3 N–H and O–H groups in total. The highest BCUT2D eigenvalue weighted by atomic mass is 16.3. The Hall–Kier alpha value is -1.26. The molecule has 2 unspecified atom stereocenters. The van der Waals surface area contributed by atoms with E-state index in [9.17, 15) is 15.3 Å². The molecule has 4 heteroatoms. The largest absolute Gasteiger partial charge is 0.506 e. The van der Waals surface area contributed by atoms with Gasteiger partial charge in [-0.25, -0.2) is 0 Å². The maximum Gasteiger partial charge on any atom is 0.138 e. The number of aliphatic hydroxyl groups is 2. The van der Waals surface area contributed by atoms with E-state index in [1.807, 2.05) is 6.07 Å². The van der Waals surface area contributed by atoms with Crippen molar-refractivity contribution in [3.05, 3.63) is 24.3 Å². The topological polar surface area (TPSA) is 63.9 Å². The highest BCUT2D eigenvalue weighted by Crippen LogP contribution is 2.26. The van der Waals surface area contributed by atoms with E-state index < -0.39 is 12.2 Å². The Labute approximate surface area is 95.8 Å². The number of rotatable bonds is 5. The predicted octanol–water partition coefficient (Wildman–Crippen LogP) is 0.960. The molecule has 4 nitrogen and oxygen atoms in total. The smallest absolute Gasteiger partial charge is 0.138 e. The van der Waals surface area contributed by atoms with Gasteiger partial charge in [-0.05, 0) is 26.0 Å². The number of benzene rings is 1. The lowest BCUT2D eigenvalue weighted by molar-refractivity contribution is 0.178. The summed E-state index contributed by atoms with van der Waals surface area (Å²) in [6.45, 7) is 4.11. The van der Waals surface area contributed by atoms with Crippen LogP contribution in [0.1, 0.15) is 13.8 Å². The van der Waals surface area contributed by atoms with Crippen LogP contribution in [-0.2, 0) is 0 Å². The van der Waals surface area contributed by atoms with Gasteiger partial charge in [-0.2, -0.15) is 0 Å².